The van der Waals surface area contributed by atoms with Crippen LogP contribution in [0.3, 0.4) is 0 Å². The molecule has 2 aliphatic rings. The normalized spacial score (nSPS) is 21.6. The van der Waals surface area contributed by atoms with Crippen molar-refractivity contribution in [3.05, 3.63) is 58.6 Å². The number of halogens is 1. The van der Waals surface area contributed by atoms with E-state index in [9.17, 15) is 14.4 Å². The summed E-state index contributed by atoms with van der Waals surface area (Å²) in [5.41, 5.74) is 1.33. The SMILES string of the molecule is CCCNC(=O)C[C@H]1CC[C@@H]2[C@H](COc3ccc(NC(=O)c4ccc(Cl)cc4)cc3C(=O)N2C)O1. The molecular formula is C26H30ClN3O5. The second kappa shape index (κ2) is 11.1. The number of carbonyl (C=O) groups excluding carboxylic acids is 3. The van der Waals surface area contributed by atoms with Gasteiger partial charge in [0.2, 0.25) is 5.91 Å². The third-order valence-electron chi connectivity index (χ3n) is 6.36. The molecule has 0 unspecified atom stereocenters. The molecule has 0 spiro atoms. The molecule has 0 aromatic heterocycles. The number of anilines is 1. The van der Waals surface area contributed by atoms with E-state index in [1.807, 2.05) is 6.92 Å². The van der Waals surface area contributed by atoms with Crippen molar-refractivity contribution < 1.29 is 23.9 Å². The Hall–Kier alpha value is -3.10. The average molecular weight is 500 g/mol. The molecule has 186 valence electrons. The van der Waals surface area contributed by atoms with Crippen molar-refractivity contribution in [3.8, 4) is 5.75 Å². The molecule has 4 rings (SSSR count). The Morgan fingerprint density at radius 3 is 2.66 bits per heavy atom. The third-order valence-corrected chi connectivity index (χ3v) is 6.61. The Balaban J connectivity index is 1.46. The Labute approximate surface area is 209 Å². The molecule has 0 saturated carbocycles. The van der Waals surface area contributed by atoms with Crippen molar-refractivity contribution in [1.29, 1.82) is 0 Å². The van der Waals surface area contributed by atoms with Gasteiger partial charge < -0.3 is 25.0 Å². The van der Waals surface area contributed by atoms with Gasteiger partial charge in [-0.25, -0.2) is 0 Å². The van der Waals surface area contributed by atoms with Crippen LogP contribution in [-0.4, -0.2) is 61.1 Å². The molecule has 35 heavy (non-hydrogen) atoms. The third kappa shape index (κ3) is 5.94. The molecule has 3 atom stereocenters. The monoisotopic (exact) mass is 499 g/mol. The van der Waals surface area contributed by atoms with Crippen molar-refractivity contribution >= 4 is 35.0 Å². The summed E-state index contributed by atoms with van der Waals surface area (Å²) in [6.45, 7) is 2.92. The number of likely N-dealkylation sites (N-methyl/N-ethyl adjacent to an activating group) is 1. The van der Waals surface area contributed by atoms with Crippen molar-refractivity contribution in [2.24, 2.45) is 0 Å². The van der Waals surface area contributed by atoms with Crippen LogP contribution in [-0.2, 0) is 9.53 Å². The molecular weight excluding hydrogens is 470 g/mol. The van der Waals surface area contributed by atoms with Crippen LogP contribution in [0.4, 0.5) is 5.69 Å². The van der Waals surface area contributed by atoms with E-state index in [0.717, 1.165) is 6.42 Å². The molecule has 2 aromatic rings. The number of rotatable bonds is 6. The minimum absolute atomic E-state index is 0.0231. The number of benzene rings is 2. The lowest BCUT2D eigenvalue weighted by Crippen LogP contribution is -2.54. The van der Waals surface area contributed by atoms with Gasteiger partial charge in [0.15, 0.2) is 0 Å². The number of fused-ring (bicyclic) bond motifs is 2. The van der Waals surface area contributed by atoms with Crippen molar-refractivity contribution in [2.75, 3.05) is 25.5 Å². The van der Waals surface area contributed by atoms with Crippen LogP contribution in [0.15, 0.2) is 42.5 Å². The van der Waals surface area contributed by atoms with Gasteiger partial charge in [-0.2, -0.15) is 0 Å². The molecule has 0 aliphatic carbocycles. The zero-order chi connectivity index (χ0) is 24.9. The summed E-state index contributed by atoms with van der Waals surface area (Å²) in [5, 5.41) is 6.25. The summed E-state index contributed by atoms with van der Waals surface area (Å²) in [6.07, 6.45) is 2.04. The molecule has 2 heterocycles. The number of amides is 3. The highest BCUT2D eigenvalue weighted by Crippen LogP contribution is 2.32. The van der Waals surface area contributed by atoms with Crippen LogP contribution in [0.5, 0.6) is 5.75 Å². The molecule has 1 fully saturated rings. The Bertz CT molecular complexity index is 1090. The Morgan fingerprint density at radius 2 is 1.91 bits per heavy atom. The van der Waals surface area contributed by atoms with Gasteiger partial charge in [0.05, 0.1) is 24.1 Å². The topological polar surface area (TPSA) is 97.0 Å². The second-order valence-electron chi connectivity index (χ2n) is 8.89. The molecule has 2 N–H and O–H groups in total. The lowest BCUT2D eigenvalue weighted by molar-refractivity contribution is -0.134. The maximum atomic E-state index is 13.4. The summed E-state index contributed by atoms with van der Waals surface area (Å²) in [7, 11) is 1.76. The van der Waals surface area contributed by atoms with E-state index in [1.165, 1.54) is 0 Å². The first-order chi connectivity index (χ1) is 16.9. The van der Waals surface area contributed by atoms with Crippen LogP contribution in [0, 0.1) is 0 Å². The lowest BCUT2D eigenvalue weighted by Gasteiger charge is -2.42. The smallest absolute Gasteiger partial charge is 0.257 e. The standard InChI is InChI=1S/C26H30ClN3O5/c1-3-12-28-24(31)14-19-9-10-21-23(35-19)15-34-22-11-8-18(13-20(22)26(33)30(21)2)29-25(32)16-4-6-17(27)7-5-16/h4-8,11,13,19,21,23H,3,9-10,12,14-15H2,1-2H3,(H,28,31)(H,29,32)/t19-,21-,23+/m1/s1. The summed E-state index contributed by atoms with van der Waals surface area (Å²) in [5.74, 6) is -0.106. The number of ether oxygens (including phenoxy) is 2. The number of hydrogen-bond donors (Lipinski definition) is 2. The highest BCUT2D eigenvalue weighted by molar-refractivity contribution is 6.30. The van der Waals surface area contributed by atoms with Gasteiger partial charge in [-0.15, -0.1) is 0 Å². The number of hydrogen-bond acceptors (Lipinski definition) is 5. The first-order valence-electron chi connectivity index (χ1n) is 11.9. The zero-order valence-corrected chi connectivity index (χ0v) is 20.6. The zero-order valence-electron chi connectivity index (χ0n) is 19.9. The van der Waals surface area contributed by atoms with E-state index >= 15 is 0 Å². The predicted octanol–water partition coefficient (Wildman–Crippen LogP) is 3.89. The highest BCUT2D eigenvalue weighted by Gasteiger charge is 2.39. The molecule has 0 radical (unpaired) electrons. The molecule has 1 saturated heterocycles. The van der Waals surface area contributed by atoms with E-state index in [2.05, 4.69) is 10.6 Å². The summed E-state index contributed by atoms with van der Waals surface area (Å²) in [6, 6.07) is 11.4. The highest BCUT2D eigenvalue weighted by atomic mass is 35.5. The van der Waals surface area contributed by atoms with Gasteiger partial charge in [0.25, 0.3) is 11.8 Å². The second-order valence-corrected chi connectivity index (χ2v) is 9.33. The van der Waals surface area contributed by atoms with Gasteiger partial charge in [0, 0.05) is 29.9 Å². The lowest BCUT2D eigenvalue weighted by atomic mass is 9.94. The van der Waals surface area contributed by atoms with Crippen LogP contribution >= 0.6 is 11.6 Å². The van der Waals surface area contributed by atoms with Gasteiger partial charge >= 0.3 is 0 Å². The molecule has 3 amide bonds. The van der Waals surface area contributed by atoms with Gasteiger partial charge in [-0.1, -0.05) is 18.5 Å². The molecule has 8 nitrogen and oxygen atoms in total. The fourth-order valence-corrected chi connectivity index (χ4v) is 4.58. The van der Waals surface area contributed by atoms with Crippen LogP contribution in [0.1, 0.15) is 53.3 Å². The first-order valence-corrected chi connectivity index (χ1v) is 12.3. The number of carbonyl (C=O) groups is 3. The molecule has 0 bridgehead atoms. The van der Waals surface area contributed by atoms with Crippen molar-refractivity contribution in [3.63, 3.8) is 0 Å². The summed E-state index contributed by atoms with van der Waals surface area (Å²) in [4.78, 5) is 39.8. The average Bonchev–Trinajstić information content (AvgIpc) is 2.85. The minimum atomic E-state index is -0.334. The molecule has 2 aliphatic heterocycles. The first kappa shape index (κ1) is 25.0. The van der Waals surface area contributed by atoms with Crippen LogP contribution < -0.4 is 15.4 Å². The maximum Gasteiger partial charge on any atom is 0.257 e. The van der Waals surface area contributed by atoms with Crippen LogP contribution in [0.2, 0.25) is 5.02 Å². The predicted molar refractivity (Wildman–Crippen MR) is 133 cm³/mol. The molecule has 2 aromatic carbocycles. The van der Waals surface area contributed by atoms with Crippen molar-refractivity contribution in [2.45, 2.75) is 50.9 Å². The van der Waals surface area contributed by atoms with Gasteiger partial charge in [-0.3, -0.25) is 14.4 Å². The fraction of sp³-hybridized carbons (Fsp3) is 0.423. The molecule has 9 heteroatoms. The number of nitrogens with one attached hydrogen (secondary N) is 2. The Morgan fingerprint density at radius 1 is 1.14 bits per heavy atom. The number of nitrogens with zero attached hydrogens (tertiary/aromatic N) is 1. The van der Waals surface area contributed by atoms with E-state index in [1.54, 1.807) is 54.4 Å². The van der Waals surface area contributed by atoms with Crippen molar-refractivity contribution in [1.82, 2.24) is 10.2 Å². The van der Waals surface area contributed by atoms with Crippen LogP contribution in [0.25, 0.3) is 0 Å². The van der Waals surface area contributed by atoms with Gasteiger partial charge in [-0.05, 0) is 61.7 Å². The largest absolute Gasteiger partial charge is 0.490 e. The van der Waals surface area contributed by atoms with Gasteiger partial charge in [0.1, 0.15) is 18.5 Å². The Kier molecular flexibility index (Phi) is 7.93. The maximum absolute atomic E-state index is 13.4. The summed E-state index contributed by atoms with van der Waals surface area (Å²) < 4.78 is 12.2. The van der Waals surface area contributed by atoms with E-state index in [-0.39, 0.29) is 42.6 Å². The minimum Gasteiger partial charge on any atom is -0.490 e. The van der Waals surface area contributed by atoms with E-state index in [4.69, 9.17) is 21.1 Å². The van der Waals surface area contributed by atoms with E-state index < -0.39 is 0 Å². The quantitative estimate of drug-likeness (QED) is 0.628. The fourth-order valence-electron chi connectivity index (χ4n) is 4.45. The summed E-state index contributed by atoms with van der Waals surface area (Å²) >= 11 is 5.90. The van der Waals surface area contributed by atoms with E-state index in [0.29, 0.717) is 53.4 Å².